The molecular formula is C19H19F2NO3. The fraction of sp³-hybridized carbons (Fsp3) is 0.316. The van der Waals surface area contributed by atoms with E-state index in [2.05, 4.69) is 0 Å². The molecule has 25 heavy (non-hydrogen) atoms. The van der Waals surface area contributed by atoms with Gasteiger partial charge in [-0.3, -0.25) is 4.79 Å². The average molecular weight is 347 g/mol. The van der Waals surface area contributed by atoms with Crippen molar-refractivity contribution in [1.29, 1.82) is 0 Å². The lowest BCUT2D eigenvalue weighted by atomic mass is 10.1. The van der Waals surface area contributed by atoms with Crippen molar-refractivity contribution in [2.24, 2.45) is 0 Å². The summed E-state index contributed by atoms with van der Waals surface area (Å²) in [6, 6.07) is 11.0. The second-order valence-corrected chi connectivity index (χ2v) is 5.86. The van der Waals surface area contributed by atoms with Crippen LogP contribution in [0.3, 0.4) is 0 Å². The number of para-hydroxylation sites is 1. The predicted molar refractivity (Wildman–Crippen MR) is 88.3 cm³/mol. The molecule has 0 aliphatic carbocycles. The lowest BCUT2D eigenvalue weighted by Gasteiger charge is -2.33. The van der Waals surface area contributed by atoms with Crippen LogP contribution in [0.15, 0.2) is 42.5 Å². The predicted octanol–water partition coefficient (Wildman–Crippen LogP) is 3.12. The molecule has 0 unspecified atom stereocenters. The van der Waals surface area contributed by atoms with E-state index in [9.17, 15) is 13.6 Å². The molecule has 1 atom stereocenters. The van der Waals surface area contributed by atoms with Crippen LogP contribution in [0.25, 0.3) is 0 Å². The van der Waals surface area contributed by atoms with Crippen molar-refractivity contribution < 1.29 is 23.0 Å². The minimum Gasteiger partial charge on any atom is -0.496 e. The van der Waals surface area contributed by atoms with E-state index in [1.165, 1.54) is 6.07 Å². The van der Waals surface area contributed by atoms with Gasteiger partial charge in [0.1, 0.15) is 11.9 Å². The number of carbonyl (C=O) groups excluding carboxylic acids is 1. The normalized spacial score (nSPS) is 17.4. The fourth-order valence-corrected chi connectivity index (χ4v) is 2.91. The molecule has 0 bridgehead atoms. The summed E-state index contributed by atoms with van der Waals surface area (Å²) in [6.45, 7) is 1.12. The Kier molecular flexibility index (Phi) is 5.28. The molecule has 2 aromatic rings. The van der Waals surface area contributed by atoms with Gasteiger partial charge in [-0.1, -0.05) is 24.3 Å². The second-order valence-electron chi connectivity index (χ2n) is 5.86. The summed E-state index contributed by atoms with van der Waals surface area (Å²) in [5, 5.41) is 0. The van der Waals surface area contributed by atoms with Crippen LogP contribution in [-0.4, -0.2) is 37.6 Å². The Morgan fingerprint density at radius 1 is 1.24 bits per heavy atom. The highest BCUT2D eigenvalue weighted by molar-refractivity contribution is 5.79. The summed E-state index contributed by atoms with van der Waals surface area (Å²) >= 11 is 0. The molecule has 1 heterocycles. The molecule has 1 fully saturated rings. The number of amides is 1. The molecule has 1 saturated heterocycles. The van der Waals surface area contributed by atoms with Crippen molar-refractivity contribution in [3.63, 3.8) is 0 Å². The molecule has 1 aliphatic rings. The lowest BCUT2D eigenvalue weighted by molar-refractivity contribution is -0.138. The number of hydrogen-bond acceptors (Lipinski definition) is 3. The van der Waals surface area contributed by atoms with Gasteiger partial charge in [-0.2, -0.15) is 0 Å². The van der Waals surface area contributed by atoms with Crippen LogP contribution in [0.5, 0.6) is 5.75 Å². The lowest BCUT2D eigenvalue weighted by Crippen LogP contribution is -2.43. The zero-order valence-corrected chi connectivity index (χ0v) is 13.9. The van der Waals surface area contributed by atoms with Crippen molar-refractivity contribution >= 4 is 5.91 Å². The first-order valence-corrected chi connectivity index (χ1v) is 8.04. The zero-order chi connectivity index (χ0) is 17.8. The van der Waals surface area contributed by atoms with Gasteiger partial charge in [-0.15, -0.1) is 0 Å². The maximum Gasteiger partial charge on any atom is 0.227 e. The van der Waals surface area contributed by atoms with Crippen molar-refractivity contribution in [2.45, 2.75) is 12.5 Å². The van der Waals surface area contributed by atoms with Crippen molar-refractivity contribution in [2.75, 3.05) is 26.8 Å². The highest BCUT2D eigenvalue weighted by atomic mass is 19.2. The number of hydrogen-bond donors (Lipinski definition) is 0. The summed E-state index contributed by atoms with van der Waals surface area (Å²) in [5.41, 5.74) is 1.33. The third-order valence-corrected chi connectivity index (χ3v) is 4.27. The van der Waals surface area contributed by atoms with Gasteiger partial charge in [0.05, 0.1) is 26.7 Å². The molecule has 1 aliphatic heterocycles. The molecule has 4 nitrogen and oxygen atoms in total. The quantitative estimate of drug-likeness (QED) is 0.853. The monoisotopic (exact) mass is 347 g/mol. The Labute approximate surface area is 145 Å². The van der Waals surface area contributed by atoms with E-state index in [0.29, 0.717) is 31.0 Å². The van der Waals surface area contributed by atoms with Crippen LogP contribution in [0.2, 0.25) is 0 Å². The molecule has 0 radical (unpaired) electrons. The minimum atomic E-state index is -0.918. The number of ether oxygens (including phenoxy) is 2. The number of rotatable bonds is 4. The molecule has 132 valence electrons. The van der Waals surface area contributed by atoms with E-state index in [4.69, 9.17) is 9.47 Å². The van der Waals surface area contributed by atoms with E-state index < -0.39 is 17.7 Å². The van der Waals surface area contributed by atoms with Crippen molar-refractivity contribution in [1.82, 2.24) is 4.90 Å². The first kappa shape index (κ1) is 17.4. The summed E-state index contributed by atoms with van der Waals surface area (Å²) in [7, 11) is 1.57. The van der Waals surface area contributed by atoms with Gasteiger partial charge in [-0.05, 0) is 23.8 Å². The van der Waals surface area contributed by atoms with E-state index >= 15 is 0 Å². The van der Waals surface area contributed by atoms with Crippen LogP contribution in [0.4, 0.5) is 8.78 Å². The van der Waals surface area contributed by atoms with Crippen LogP contribution in [-0.2, 0) is 16.0 Å². The highest BCUT2D eigenvalue weighted by Gasteiger charge is 2.26. The van der Waals surface area contributed by atoms with Crippen LogP contribution in [0, 0.1) is 11.6 Å². The Morgan fingerprint density at radius 3 is 2.80 bits per heavy atom. The van der Waals surface area contributed by atoms with Gasteiger partial charge in [0.2, 0.25) is 5.91 Å². The number of benzene rings is 2. The first-order chi connectivity index (χ1) is 12.1. The summed E-state index contributed by atoms with van der Waals surface area (Å²) in [4.78, 5) is 14.3. The largest absolute Gasteiger partial charge is 0.496 e. The maximum absolute atomic E-state index is 13.4. The molecule has 1 amide bonds. The minimum absolute atomic E-state index is 0.0552. The summed E-state index contributed by atoms with van der Waals surface area (Å²) in [5.74, 6) is -1.20. The first-order valence-electron chi connectivity index (χ1n) is 8.04. The standard InChI is InChI=1S/C19H19F2NO3/c1-24-17-5-3-2-4-13(17)11-19(23)22-8-9-25-18(12-22)14-6-7-15(20)16(21)10-14/h2-7,10,18H,8-9,11-12H2,1H3/t18-/m1/s1. The molecule has 0 aromatic heterocycles. The molecular weight excluding hydrogens is 328 g/mol. The topological polar surface area (TPSA) is 38.8 Å². The molecule has 6 heteroatoms. The molecule has 0 spiro atoms. The van der Waals surface area contributed by atoms with Gasteiger partial charge in [0.25, 0.3) is 0 Å². The number of nitrogens with zero attached hydrogens (tertiary/aromatic N) is 1. The van der Waals surface area contributed by atoms with E-state index in [0.717, 1.165) is 17.7 Å². The van der Waals surface area contributed by atoms with Crippen LogP contribution >= 0.6 is 0 Å². The smallest absolute Gasteiger partial charge is 0.227 e. The second kappa shape index (κ2) is 7.61. The van der Waals surface area contributed by atoms with Crippen molar-refractivity contribution in [3.05, 3.63) is 65.2 Å². The van der Waals surface area contributed by atoms with Gasteiger partial charge < -0.3 is 14.4 Å². The molecule has 2 aromatic carbocycles. The van der Waals surface area contributed by atoms with Gasteiger partial charge in [-0.25, -0.2) is 8.78 Å². The third kappa shape index (κ3) is 3.96. The third-order valence-electron chi connectivity index (χ3n) is 4.27. The zero-order valence-electron chi connectivity index (χ0n) is 13.9. The Hall–Kier alpha value is -2.47. The summed E-state index contributed by atoms with van der Waals surface area (Å²) in [6.07, 6.45) is -0.250. The van der Waals surface area contributed by atoms with E-state index in [-0.39, 0.29) is 12.3 Å². The highest BCUT2D eigenvalue weighted by Crippen LogP contribution is 2.25. The number of halogens is 2. The van der Waals surface area contributed by atoms with Crippen molar-refractivity contribution in [3.8, 4) is 5.75 Å². The van der Waals surface area contributed by atoms with Gasteiger partial charge in [0.15, 0.2) is 11.6 Å². The average Bonchev–Trinajstić information content (AvgIpc) is 2.64. The summed E-state index contributed by atoms with van der Waals surface area (Å²) < 4.78 is 37.4. The maximum atomic E-state index is 13.4. The SMILES string of the molecule is COc1ccccc1CC(=O)N1CCO[C@@H](c2ccc(F)c(F)c2)C1. The van der Waals surface area contributed by atoms with Crippen LogP contribution in [0.1, 0.15) is 17.2 Å². The number of methoxy groups -OCH3 is 1. The van der Waals surface area contributed by atoms with E-state index in [1.807, 2.05) is 24.3 Å². The van der Waals surface area contributed by atoms with Crippen LogP contribution < -0.4 is 4.74 Å². The number of morpholine rings is 1. The molecule has 0 N–H and O–H groups in total. The van der Waals surface area contributed by atoms with Gasteiger partial charge >= 0.3 is 0 Å². The number of carbonyl (C=O) groups is 1. The Bertz CT molecular complexity index is 766. The fourth-order valence-electron chi connectivity index (χ4n) is 2.91. The Morgan fingerprint density at radius 2 is 2.04 bits per heavy atom. The molecule has 3 rings (SSSR count). The Balaban J connectivity index is 1.70. The van der Waals surface area contributed by atoms with E-state index in [1.54, 1.807) is 12.0 Å². The van der Waals surface area contributed by atoms with Gasteiger partial charge in [0, 0.05) is 12.1 Å². The molecule has 0 saturated carbocycles.